The summed E-state index contributed by atoms with van der Waals surface area (Å²) in [6, 6.07) is 8.01. The van der Waals surface area contributed by atoms with Gasteiger partial charge in [0.25, 0.3) is 0 Å². The van der Waals surface area contributed by atoms with Crippen LogP contribution in [0.2, 0.25) is 0 Å². The molecule has 0 saturated heterocycles. The monoisotopic (exact) mass is 300 g/mol. The average Bonchev–Trinajstić information content (AvgIpc) is 2.74. The van der Waals surface area contributed by atoms with Gasteiger partial charge in [0.1, 0.15) is 11.7 Å². The van der Waals surface area contributed by atoms with Crippen molar-refractivity contribution in [3.05, 3.63) is 35.7 Å². The van der Waals surface area contributed by atoms with E-state index < -0.39 is 0 Å². The van der Waals surface area contributed by atoms with Gasteiger partial charge in [-0.05, 0) is 36.3 Å². The van der Waals surface area contributed by atoms with Crippen LogP contribution < -0.4 is 21.3 Å². The van der Waals surface area contributed by atoms with Gasteiger partial charge in [0.05, 0.1) is 0 Å². The Labute approximate surface area is 131 Å². The van der Waals surface area contributed by atoms with Gasteiger partial charge < -0.3 is 21.3 Å². The Balaban J connectivity index is 2.29. The van der Waals surface area contributed by atoms with Crippen LogP contribution >= 0.6 is 0 Å². The Kier molecular flexibility index (Phi) is 5.41. The minimum Gasteiger partial charge on any atom is -0.388 e. The molecule has 0 fully saturated rings. The van der Waals surface area contributed by atoms with E-state index in [1.807, 2.05) is 45.4 Å². The van der Waals surface area contributed by atoms with Gasteiger partial charge in [0, 0.05) is 38.9 Å². The number of aliphatic imine (C=N–C) groups is 2. The summed E-state index contributed by atoms with van der Waals surface area (Å²) in [6.07, 6.45) is 1.71. The lowest BCUT2D eigenvalue weighted by molar-refractivity contribution is 0.884. The fourth-order valence-corrected chi connectivity index (χ4v) is 2.24. The molecule has 0 bridgehead atoms. The molecule has 2 rings (SSSR count). The normalized spacial score (nSPS) is 14.7. The van der Waals surface area contributed by atoms with E-state index >= 15 is 0 Å². The molecule has 6 heteroatoms. The number of guanidine groups is 1. The fraction of sp³-hybridized carbons (Fsp3) is 0.375. The molecule has 0 spiro atoms. The summed E-state index contributed by atoms with van der Waals surface area (Å²) in [6.45, 7) is 2.13. The lowest BCUT2D eigenvalue weighted by Crippen LogP contribution is -2.21. The smallest absolute Gasteiger partial charge is 0.230 e. The van der Waals surface area contributed by atoms with Crippen molar-refractivity contribution in [3.8, 4) is 0 Å². The lowest BCUT2D eigenvalue weighted by atomic mass is 10.1. The summed E-state index contributed by atoms with van der Waals surface area (Å²) in [7, 11) is 5.67. The Morgan fingerprint density at radius 3 is 2.14 bits per heavy atom. The molecule has 0 aromatic heterocycles. The minimum absolute atomic E-state index is 0.578. The van der Waals surface area contributed by atoms with Crippen LogP contribution in [0.3, 0.4) is 0 Å². The minimum atomic E-state index is 0.578. The fourth-order valence-electron chi connectivity index (χ4n) is 2.24. The third kappa shape index (κ3) is 3.78. The molecule has 0 saturated carbocycles. The van der Waals surface area contributed by atoms with Crippen LogP contribution in [0.5, 0.6) is 0 Å². The van der Waals surface area contributed by atoms with Crippen molar-refractivity contribution in [3.63, 3.8) is 0 Å². The molecule has 1 aromatic rings. The molecular formula is C16H24N6. The van der Waals surface area contributed by atoms with Crippen LogP contribution in [-0.2, 0) is 0 Å². The van der Waals surface area contributed by atoms with Crippen molar-refractivity contribution in [2.75, 3.05) is 31.8 Å². The summed E-state index contributed by atoms with van der Waals surface area (Å²) < 4.78 is 0. The van der Waals surface area contributed by atoms with Crippen LogP contribution in [0.1, 0.15) is 19.8 Å². The highest BCUT2D eigenvalue weighted by Crippen LogP contribution is 2.18. The quantitative estimate of drug-likeness (QED) is 0.689. The molecule has 22 heavy (non-hydrogen) atoms. The lowest BCUT2D eigenvalue weighted by Gasteiger charge is -2.08. The maximum Gasteiger partial charge on any atom is 0.230 e. The molecule has 1 aromatic carbocycles. The number of benzene rings is 1. The molecule has 0 aliphatic carbocycles. The maximum absolute atomic E-state index is 4.61. The van der Waals surface area contributed by atoms with E-state index in [2.05, 4.69) is 38.2 Å². The van der Waals surface area contributed by atoms with Crippen LogP contribution in [0, 0.1) is 0 Å². The van der Waals surface area contributed by atoms with Crippen molar-refractivity contribution >= 4 is 23.2 Å². The highest BCUT2D eigenvalue weighted by molar-refractivity contribution is 6.04. The standard InChI is InChI=1S/C16H24N6/c1-5-11-10-14(18-3)21-16(22-15(11)19-4)20-13-8-6-12(17-2)7-9-13/h6-9,17,19H,5,10H2,1-4H3,(H2,18,20,21,22). The van der Waals surface area contributed by atoms with E-state index in [0.717, 1.165) is 35.9 Å². The SMILES string of the molecule is CCC1=C(NC)N=C(Nc2ccc(NC)cc2)N=C(NC)C1. The third-order valence-electron chi connectivity index (χ3n) is 3.56. The zero-order valence-corrected chi connectivity index (χ0v) is 13.6. The number of anilines is 2. The van der Waals surface area contributed by atoms with Crippen LogP contribution in [0.15, 0.2) is 45.6 Å². The summed E-state index contributed by atoms with van der Waals surface area (Å²) >= 11 is 0. The Morgan fingerprint density at radius 1 is 0.909 bits per heavy atom. The van der Waals surface area contributed by atoms with Crippen molar-refractivity contribution < 1.29 is 0 Å². The predicted octanol–water partition coefficient (Wildman–Crippen LogP) is 2.36. The number of nitrogens with zero attached hydrogens (tertiary/aromatic N) is 2. The van der Waals surface area contributed by atoms with Crippen LogP contribution in [0.25, 0.3) is 0 Å². The first kappa shape index (κ1) is 15.9. The van der Waals surface area contributed by atoms with E-state index in [1.165, 1.54) is 5.57 Å². The average molecular weight is 300 g/mol. The Hall–Kier alpha value is -2.50. The third-order valence-corrected chi connectivity index (χ3v) is 3.56. The van der Waals surface area contributed by atoms with Crippen LogP contribution in [0.4, 0.5) is 11.4 Å². The van der Waals surface area contributed by atoms with Gasteiger partial charge in [0.2, 0.25) is 5.96 Å². The number of amidine groups is 1. The maximum atomic E-state index is 4.61. The zero-order valence-electron chi connectivity index (χ0n) is 13.6. The summed E-state index contributed by atoms with van der Waals surface area (Å²) in [4.78, 5) is 9.19. The Bertz CT molecular complexity index is 598. The highest BCUT2D eigenvalue weighted by atomic mass is 15.2. The number of hydrogen-bond donors (Lipinski definition) is 4. The van der Waals surface area contributed by atoms with E-state index in [-0.39, 0.29) is 0 Å². The van der Waals surface area contributed by atoms with E-state index in [0.29, 0.717) is 5.96 Å². The number of nitrogens with one attached hydrogen (secondary N) is 4. The molecule has 0 amide bonds. The topological polar surface area (TPSA) is 72.8 Å². The first-order valence-corrected chi connectivity index (χ1v) is 7.48. The second kappa shape index (κ2) is 7.49. The van der Waals surface area contributed by atoms with Crippen molar-refractivity contribution in [1.29, 1.82) is 0 Å². The highest BCUT2D eigenvalue weighted by Gasteiger charge is 2.13. The van der Waals surface area contributed by atoms with Gasteiger partial charge in [-0.15, -0.1) is 0 Å². The molecule has 1 aliphatic rings. The molecule has 4 N–H and O–H groups in total. The Morgan fingerprint density at radius 2 is 1.59 bits per heavy atom. The molecule has 6 nitrogen and oxygen atoms in total. The molecule has 0 radical (unpaired) electrons. The van der Waals surface area contributed by atoms with Gasteiger partial charge >= 0.3 is 0 Å². The zero-order chi connectivity index (χ0) is 15.9. The molecule has 118 valence electrons. The predicted molar refractivity (Wildman–Crippen MR) is 94.5 cm³/mol. The largest absolute Gasteiger partial charge is 0.388 e. The van der Waals surface area contributed by atoms with E-state index in [4.69, 9.17) is 0 Å². The molecule has 1 aliphatic heterocycles. The summed E-state index contributed by atoms with van der Waals surface area (Å²) in [5.74, 6) is 2.36. The van der Waals surface area contributed by atoms with Crippen molar-refractivity contribution in [2.45, 2.75) is 19.8 Å². The van der Waals surface area contributed by atoms with Gasteiger partial charge in [0.15, 0.2) is 0 Å². The van der Waals surface area contributed by atoms with Gasteiger partial charge in [-0.1, -0.05) is 6.92 Å². The van der Waals surface area contributed by atoms with Gasteiger partial charge in [-0.2, -0.15) is 9.98 Å². The first-order chi connectivity index (χ1) is 10.7. The molecular weight excluding hydrogens is 276 g/mol. The van der Waals surface area contributed by atoms with Crippen molar-refractivity contribution in [2.24, 2.45) is 9.98 Å². The number of hydrogen-bond acceptors (Lipinski definition) is 6. The second-order valence-corrected chi connectivity index (χ2v) is 4.93. The molecule has 0 unspecified atom stereocenters. The summed E-state index contributed by atoms with van der Waals surface area (Å²) in [5.41, 5.74) is 3.25. The first-order valence-electron chi connectivity index (χ1n) is 7.48. The summed E-state index contributed by atoms with van der Waals surface area (Å²) in [5, 5.41) is 12.7. The van der Waals surface area contributed by atoms with Crippen molar-refractivity contribution in [1.82, 2.24) is 10.6 Å². The van der Waals surface area contributed by atoms with Gasteiger partial charge in [-0.3, -0.25) is 0 Å². The molecule has 0 atom stereocenters. The van der Waals surface area contributed by atoms with Gasteiger partial charge in [-0.25, -0.2) is 0 Å². The number of rotatable bonds is 4. The van der Waals surface area contributed by atoms with E-state index in [9.17, 15) is 0 Å². The second-order valence-electron chi connectivity index (χ2n) is 4.93. The van der Waals surface area contributed by atoms with Crippen LogP contribution in [-0.4, -0.2) is 32.9 Å². The molecule has 1 heterocycles. The van der Waals surface area contributed by atoms with E-state index in [1.54, 1.807) is 0 Å².